The Morgan fingerprint density at radius 2 is 1.60 bits per heavy atom. The number of hydrogen-bond acceptors (Lipinski definition) is 4. The lowest BCUT2D eigenvalue weighted by Crippen LogP contribution is -2.50. The average molecular weight is 447 g/mol. The van der Waals surface area contributed by atoms with Crippen LogP contribution in [0.2, 0.25) is 0 Å². The van der Waals surface area contributed by atoms with Crippen LogP contribution in [0.25, 0.3) is 0 Å². The van der Waals surface area contributed by atoms with Crippen molar-refractivity contribution < 1.29 is 26.4 Å². The summed E-state index contributed by atoms with van der Waals surface area (Å²) in [5, 5.41) is -0.709. The third-order valence-corrected chi connectivity index (χ3v) is 8.68. The van der Waals surface area contributed by atoms with Gasteiger partial charge < -0.3 is 5.73 Å². The fourth-order valence-electron chi connectivity index (χ4n) is 4.88. The van der Waals surface area contributed by atoms with Crippen LogP contribution in [0.4, 0.5) is 13.2 Å². The summed E-state index contributed by atoms with van der Waals surface area (Å²) in [5.74, 6) is -0.390. The van der Waals surface area contributed by atoms with Crippen LogP contribution in [0.1, 0.15) is 63.4 Å². The molecular formula is C21H29F3N2O3S. The predicted octanol–water partition coefficient (Wildman–Crippen LogP) is 3.91. The number of alkyl halides is 3. The molecule has 30 heavy (non-hydrogen) atoms. The van der Waals surface area contributed by atoms with Gasteiger partial charge in [0.1, 0.15) is 0 Å². The molecule has 1 amide bonds. The van der Waals surface area contributed by atoms with Gasteiger partial charge in [0.2, 0.25) is 5.91 Å². The van der Waals surface area contributed by atoms with E-state index in [1.807, 2.05) is 0 Å². The number of carbonyl (C=O) groups excluding carboxylic acids is 1. The van der Waals surface area contributed by atoms with Crippen molar-refractivity contribution in [2.45, 2.75) is 86.2 Å². The van der Waals surface area contributed by atoms with Gasteiger partial charge in [0.25, 0.3) is 0 Å². The van der Waals surface area contributed by atoms with E-state index in [2.05, 4.69) is 4.90 Å². The van der Waals surface area contributed by atoms with Crippen molar-refractivity contribution in [3.63, 3.8) is 0 Å². The Kier molecular flexibility index (Phi) is 7.12. The minimum Gasteiger partial charge on any atom is -0.369 e. The normalized spacial score (nSPS) is 24.1. The van der Waals surface area contributed by atoms with E-state index in [1.165, 1.54) is 12.5 Å². The van der Waals surface area contributed by atoms with E-state index in [-0.39, 0.29) is 29.4 Å². The molecule has 168 valence electrons. The molecule has 0 spiro atoms. The zero-order chi connectivity index (χ0) is 21.9. The van der Waals surface area contributed by atoms with E-state index in [4.69, 9.17) is 5.73 Å². The maximum absolute atomic E-state index is 13.0. The first-order valence-corrected chi connectivity index (χ1v) is 12.1. The predicted molar refractivity (Wildman–Crippen MR) is 107 cm³/mol. The Morgan fingerprint density at radius 1 is 1.00 bits per heavy atom. The third kappa shape index (κ3) is 5.35. The summed E-state index contributed by atoms with van der Waals surface area (Å²) in [5.41, 5.74) is 4.50. The Morgan fingerprint density at radius 3 is 2.17 bits per heavy atom. The Labute approximate surface area is 175 Å². The number of sulfone groups is 1. The summed E-state index contributed by atoms with van der Waals surface area (Å²) in [6, 6.07) is 4.34. The van der Waals surface area contributed by atoms with E-state index < -0.39 is 26.8 Å². The minimum atomic E-state index is -4.58. The van der Waals surface area contributed by atoms with Crippen LogP contribution in [0, 0.1) is 0 Å². The van der Waals surface area contributed by atoms with Gasteiger partial charge in [-0.2, -0.15) is 13.2 Å². The molecule has 2 saturated carbocycles. The van der Waals surface area contributed by atoms with Crippen molar-refractivity contribution in [2.75, 3.05) is 6.54 Å². The quantitative estimate of drug-likeness (QED) is 0.719. The van der Waals surface area contributed by atoms with Gasteiger partial charge >= 0.3 is 6.18 Å². The number of hydrogen-bond donors (Lipinski definition) is 1. The molecule has 3 rings (SSSR count). The van der Waals surface area contributed by atoms with Crippen LogP contribution in [-0.4, -0.2) is 43.1 Å². The molecule has 0 atom stereocenters. The van der Waals surface area contributed by atoms with Crippen molar-refractivity contribution in [2.24, 2.45) is 5.73 Å². The third-order valence-electron chi connectivity index (χ3n) is 6.42. The van der Waals surface area contributed by atoms with Crippen LogP contribution in [0.3, 0.4) is 0 Å². The fraction of sp³-hybridized carbons (Fsp3) is 0.667. The van der Waals surface area contributed by atoms with Crippen LogP contribution >= 0.6 is 0 Å². The lowest BCUT2D eigenvalue weighted by atomic mass is 9.88. The Balaban J connectivity index is 1.71. The number of nitrogens with two attached hydrogens (primary N) is 1. The lowest BCUT2D eigenvalue weighted by Gasteiger charge is -2.42. The first kappa shape index (κ1) is 23.1. The SMILES string of the molecule is NC(=O)CN(C1CCCCC1)C1CCC(S(=O)(=O)c2cccc(C(F)(F)F)c2)CC1. The summed E-state index contributed by atoms with van der Waals surface area (Å²) in [4.78, 5) is 13.5. The fourth-order valence-corrected chi connectivity index (χ4v) is 6.72. The van der Waals surface area contributed by atoms with Crippen molar-refractivity contribution in [3.05, 3.63) is 29.8 Å². The summed E-state index contributed by atoms with van der Waals surface area (Å²) in [6.07, 6.45) is 2.75. The molecule has 2 N–H and O–H groups in total. The molecule has 9 heteroatoms. The van der Waals surface area contributed by atoms with Gasteiger partial charge in [-0.25, -0.2) is 8.42 Å². The minimum absolute atomic E-state index is 0.0774. The number of carbonyl (C=O) groups is 1. The molecule has 1 aromatic carbocycles. The highest BCUT2D eigenvalue weighted by atomic mass is 32.2. The molecule has 0 radical (unpaired) electrons. The van der Waals surface area contributed by atoms with E-state index >= 15 is 0 Å². The molecule has 2 aliphatic rings. The smallest absolute Gasteiger partial charge is 0.369 e. The zero-order valence-electron chi connectivity index (χ0n) is 16.9. The van der Waals surface area contributed by atoms with Crippen LogP contribution in [-0.2, 0) is 20.8 Å². The van der Waals surface area contributed by atoms with Gasteiger partial charge in [0.05, 0.1) is 22.3 Å². The molecule has 0 heterocycles. The van der Waals surface area contributed by atoms with Crippen molar-refractivity contribution in [3.8, 4) is 0 Å². The average Bonchev–Trinajstić information content (AvgIpc) is 2.72. The van der Waals surface area contributed by atoms with Gasteiger partial charge in [-0.05, 0) is 56.7 Å². The summed E-state index contributed by atoms with van der Waals surface area (Å²) >= 11 is 0. The summed E-state index contributed by atoms with van der Waals surface area (Å²) < 4.78 is 64.9. The number of benzene rings is 1. The second kappa shape index (κ2) is 9.26. The van der Waals surface area contributed by atoms with Crippen LogP contribution in [0.15, 0.2) is 29.2 Å². The van der Waals surface area contributed by atoms with Crippen molar-refractivity contribution >= 4 is 15.7 Å². The first-order valence-electron chi connectivity index (χ1n) is 10.5. The number of halogens is 3. The van der Waals surface area contributed by atoms with Gasteiger partial charge in [-0.15, -0.1) is 0 Å². The number of nitrogens with zero attached hydrogens (tertiary/aromatic N) is 1. The number of primary amides is 1. The number of rotatable bonds is 6. The van der Waals surface area contributed by atoms with Crippen LogP contribution < -0.4 is 5.73 Å². The molecule has 1 aromatic rings. The maximum atomic E-state index is 13.0. The first-order chi connectivity index (χ1) is 14.1. The highest BCUT2D eigenvalue weighted by Crippen LogP contribution is 2.36. The molecule has 0 bridgehead atoms. The molecule has 0 aromatic heterocycles. The molecule has 0 saturated heterocycles. The summed E-state index contributed by atoms with van der Waals surface area (Å²) in [6.45, 7) is 0.167. The second-order valence-corrected chi connectivity index (χ2v) is 10.7. The highest BCUT2D eigenvalue weighted by Gasteiger charge is 2.38. The van der Waals surface area contributed by atoms with Gasteiger partial charge in [-0.3, -0.25) is 9.69 Å². The topological polar surface area (TPSA) is 80.5 Å². The monoisotopic (exact) mass is 446 g/mol. The van der Waals surface area contributed by atoms with Crippen molar-refractivity contribution in [1.82, 2.24) is 4.90 Å². The molecule has 5 nitrogen and oxygen atoms in total. The van der Waals surface area contributed by atoms with Crippen LogP contribution in [0.5, 0.6) is 0 Å². The van der Waals surface area contributed by atoms with Gasteiger partial charge in [-0.1, -0.05) is 25.3 Å². The number of amides is 1. The highest BCUT2D eigenvalue weighted by molar-refractivity contribution is 7.92. The molecule has 2 fully saturated rings. The Bertz CT molecular complexity index is 843. The second-order valence-electron chi connectivity index (χ2n) is 8.43. The molecule has 0 aliphatic heterocycles. The summed E-state index contributed by atoms with van der Waals surface area (Å²) in [7, 11) is -3.85. The zero-order valence-corrected chi connectivity index (χ0v) is 17.7. The standard InChI is InChI=1S/C21H29F3N2O3S/c22-21(23,24)15-5-4-8-19(13-15)30(28,29)18-11-9-17(10-12-18)26(14-20(25)27)16-6-2-1-3-7-16/h4-5,8,13,16-18H,1-3,6-7,9-12,14H2,(H2,25,27). The maximum Gasteiger partial charge on any atom is 0.416 e. The van der Waals surface area contributed by atoms with Gasteiger partial charge in [0.15, 0.2) is 9.84 Å². The Hall–Kier alpha value is -1.61. The lowest BCUT2D eigenvalue weighted by molar-refractivity contribution is -0.137. The molecule has 0 unspecified atom stereocenters. The van der Waals surface area contributed by atoms with E-state index in [0.717, 1.165) is 43.9 Å². The van der Waals surface area contributed by atoms with E-state index in [0.29, 0.717) is 25.7 Å². The molecular weight excluding hydrogens is 417 g/mol. The van der Waals surface area contributed by atoms with E-state index in [1.54, 1.807) is 0 Å². The van der Waals surface area contributed by atoms with E-state index in [9.17, 15) is 26.4 Å². The largest absolute Gasteiger partial charge is 0.416 e. The molecule has 2 aliphatic carbocycles. The van der Waals surface area contributed by atoms with Gasteiger partial charge in [0, 0.05) is 12.1 Å². The van der Waals surface area contributed by atoms with Crippen molar-refractivity contribution in [1.29, 1.82) is 0 Å².